The molecule has 1 fully saturated rings. The van der Waals surface area contributed by atoms with Crippen molar-refractivity contribution in [2.24, 2.45) is 0 Å². The molecule has 8 nitrogen and oxygen atoms in total. The SMILES string of the molecule is CCCCn1c(N)c(N2CCOCC2)c(=O)n(CCOc2ccc(F)cc2)c1=O. The second-order valence-corrected chi connectivity index (χ2v) is 6.88. The molecule has 158 valence electrons. The van der Waals surface area contributed by atoms with Gasteiger partial charge in [0.05, 0.1) is 19.8 Å². The Morgan fingerprint density at radius 2 is 1.79 bits per heavy atom. The summed E-state index contributed by atoms with van der Waals surface area (Å²) < 4.78 is 26.6. The van der Waals surface area contributed by atoms with Crippen LogP contribution < -0.4 is 26.6 Å². The first-order valence-corrected chi connectivity index (χ1v) is 9.87. The molecule has 0 unspecified atom stereocenters. The Morgan fingerprint density at radius 1 is 1.10 bits per heavy atom. The number of aromatic nitrogens is 2. The van der Waals surface area contributed by atoms with Crippen molar-refractivity contribution < 1.29 is 13.9 Å². The van der Waals surface area contributed by atoms with Crippen molar-refractivity contribution in [2.75, 3.05) is 43.5 Å². The summed E-state index contributed by atoms with van der Waals surface area (Å²) in [6, 6.07) is 5.58. The number of nitrogen functional groups attached to an aromatic ring is 1. The highest BCUT2D eigenvalue weighted by Crippen LogP contribution is 2.19. The van der Waals surface area contributed by atoms with Crippen LogP contribution in [0.15, 0.2) is 33.9 Å². The molecule has 1 aliphatic heterocycles. The summed E-state index contributed by atoms with van der Waals surface area (Å²) in [6.07, 6.45) is 1.67. The molecule has 0 aliphatic carbocycles. The molecule has 29 heavy (non-hydrogen) atoms. The Kier molecular flexibility index (Phi) is 6.92. The zero-order chi connectivity index (χ0) is 20.8. The summed E-state index contributed by atoms with van der Waals surface area (Å²) in [5.41, 5.74) is 5.73. The van der Waals surface area contributed by atoms with Crippen LogP contribution in [0.1, 0.15) is 19.8 Å². The third-order valence-corrected chi connectivity index (χ3v) is 4.90. The maximum absolute atomic E-state index is 13.1. The fourth-order valence-electron chi connectivity index (χ4n) is 3.30. The third kappa shape index (κ3) is 4.79. The number of hydrogen-bond acceptors (Lipinski definition) is 6. The highest BCUT2D eigenvalue weighted by atomic mass is 19.1. The lowest BCUT2D eigenvalue weighted by Crippen LogP contribution is -2.48. The van der Waals surface area contributed by atoms with Gasteiger partial charge in [-0.1, -0.05) is 13.3 Å². The summed E-state index contributed by atoms with van der Waals surface area (Å²) in [7, 11) is 0. The van der Waals surface area contributed by atoms with E-state index >= 15 is 0 Å². The lowest BCUT2D eigenvalue weighted by molar-refractivity contribution is 0.122. The Morgan fingerprint density at radius 3 is 2.45 bits per heavy atom. The van der Waals surface area contributed by atoms with Crippen LogP contribution in [0.2, 0.25) is 0 Å². The quantitative estimate of drug-likeness (QED) is 0.713. The van der Waals surface area contributed by atoms with E-state index in [-0.39, 0.29) is 24.8 Å². The van der Waals surface area contributed by atoms with Crippen LogP contribution in [-0.2, 0) is 17.8 Å². The Labute approximate surface area is 168 Å². The third-order valence-electron chi connectivity index (χ3n) is 4.90. The van der Waals surface area contributed by atoms with Crippen molar-refractivity contribution in [3.8, 4) is 5.75 Å². The van der Waals surface area contributed by atoms with Crippen molar-refractivity contribution in [2.45, 2.75) is 32.9 Å². The number of ether oxygens (including phenoxy) is 2. The van der Waals surface area contributed by atoms with Gasteiger partial charge in [0, 0.05) is 19.6 Å². The smallest absolute Gasteiger partial charge is 0.332 e. The number of hydrogen-bond donors (Lipinski definition) is 1. The Balaban J connectivity index is 1.90. The lowest BCUT2D eigenvalue weighted by Gasteiger charge is -2.30. The summed E-state index contributed by atoms with van der Waals surface area (Å²) in [5.74, 6) is 0.307. The molecule has 0 spiro atoms. The molecule has 0 bridgehead atoms. The van der Waals surface area contributed by atoms with Crippen molar-refractivity contribution >= 4 is 11.5 Å². The standard InChI is InChI=1S/C20H27FN4O4/c1-2-3-8-24-18(22)17(23-9-12-28-13-10-23)19(26)25(20(24)27)11-14-29-16-6-4-15(21)5-7-16/h4-7H,2-3,8-14,22H2,1H3. The molecule has 2 N–H and O–H groups in total. The fraction of sp³-hybridized carbons (Fsp3) is 0.500. The normalized spacial score (nSPS) is 14.2. The van der Waals surface area contributed by atoms with Crippen LogP contribution in [0.25, 0.3) is 0 Å². The molecule has 1 aromatic heterocycles. The molecular weight excluding hydrogens is 379 g/mol. The van der Waals surface area contributed by atoms with E-state index in [1.165, 1.54) is 33.4 Å². The second-order valence-electron chi connectivity index (χ2n) is 6.88. The second kappa shape index (κ2) is 9.60. The van der Waals surface area contributed by atoms with Gasteiger partial charge in [0.1, 0.15) is 29.7 Å². The van der Waals surface area contributed by atoms with Crippen LogP contribution >= 0.6 is 0 Å². The Hall–Kier alpha value is -2.81. The topological polar surface area (TPSA) is 91.7 Å². The maximum atomic E-state index is 13.1. The summed E-state index contributed by atoms with van der Waals surface area (Å²) in [4.78, 5) is 27.9. The molecule has 1 saturated heterocycles. The first-order valence-electron chi connectivity index (χ1n) is 9.87. The van der Waals surface area contributed by atoms with Gasteiger partial charge < -0.3 is 20.1 Å². The van der Waals surface area contributed by atoms with Crippen LogP contribution in [0.5, 0.6) is 5.75 Å². The van der Waals surface area contributed by atoms with Crippen molar-refractivity contribution in [3.05, 3.63) is 50.9 Å². The molecule has 0 atom stereocenters. The largest absolute Gasteiger partial charge is 0.492 e. The fourth-order valence-corrected chi connectivity index (χ4v) is 3.30. The minimum Gasteiger partial charge on any atom is -0.492 e. The number of unbranched alkanes of at least 4 members (excludes halogenated alkanes) is 1. The van der Waals surface area contributed by atoms with Crippen molar-refractivity contribution in [1.82, 2.24) is 9.13 Å². The monoisotopic (exact) mass is 406 g/mol. The zero-order valence-corrected chi connectivity index (χ0v) is 16.6. The van der Waals surface area contributed by atoms with Gasteiger partial charge >= 0.3 is 5.69 Å². The summed E-state index contributed by atoms with van der Waals surface area (Å²) in [5, 5.41) is 0. The number of morpholine rings is 1. The van der Waals surface area contributed by atoms with E-state index in [1.807, 2.05) is 11.8 Å². The molecule has 9 heteroatoms. The van der Waals surface area contributed by atoms with Gasteiger partial charge in [-0.25, -0.2) is 9.18 Å². The molecule has 1 aromatic carbocycles. The van der Waals surface area contributed by atoms with Gasteiger partial charge in [-0.15, -0.1) is 0 Å². The van der Waals surface area contributed by atoms with Gasteiger partial charge in [0.15, 0.2) is 0 Å². The molecular formula is C20H27FN4O4. The van der Waals surface area contributed by atoms with Crippen LogP contribution in [0.4, 0.5) is 15.9 Å². The molecule has 0 saturated carbocycles. The maximum Gasteiger partial charge on any atom is 0.332 e. The zero-order valence-electron chi connectivity index (χ0n) is 16.6. The predicted molar refractivity (Wildman–Crippen MR) is 109 cm³/mol. The van der Waals surface area contributed by atoms with E-state index in [4.69, 9.17) is 15.2 Å². The van der Waals surface area contributed by atoms with Crippen LogP contribution in [0.3, 0.4) is 0 Å². The van der Waals surface area contributed by atoms with Crippen LogP contribution in [0, 0.1) is 5.82 Å². The summed E-state index contributed by atoms with van der Waals surface area (Å²) >= 11 is 0. The van der Waals surface area contributed by atoms with Gasteiger partial charge in [-0.3, -0.25) is 13.9 Å². The minimum absolute atomic E-state index is 0.0682. The number of anilines is 2. The van der Waals surface area contributed by atoms with E-state index in [0.29, 0.717) is 44.3 Å². The number of benzene rings is 1. The molecule has 1 aliphatic rings. The van der Waals surface area contributed by atoms with Crippen molar-refractivity contribution in [3.63, 3.8) is 0 Å². The van der Waals surface area contributed by atoms with Gasteiger partial charge in [-0.05, 0) is 30.7 Å². The first-order chi connectivity index (χ1) is 14.0. The van der Waals surface area contributed by atoms with E-state index < -0.39 is 11.2 Å². The average Bonchev–Trinajstić information content (AvgIpc) is 2.72. The average molecular weight is 406 g/mol. The summed E-state index contributed by atoms with van der Waals surface area (Å²) in [6.45, 7) is 4.71. The Bertz CT molecular complexity index is 933. The highest BCUT2D eigenvalue weighted by molar-refractivity contribution is 5.62. The number of rotatable bonds is 8. The molecule has 2 heterocycles. The van der Waals surface area contributed by atoms with Crippen molar-refractivity contribution in [1.29, 1.82) is 0 Å². The predicted octanol–water partition coefficient (Wildman–Crippen LogP) is 1.45. The molecule has 2 aromatic rings. The lowest BCUT2D eigenvalue weighted by atomic mass is 10.3. The van der Waals surface area contributed by atoms with E-state index in [9.17, 15) is 14.0 Å². The first kappa shape index (κ1) is 20.9. The number of halogens is 1. The number of nitrogens with two attached hydrogens (primary N) is 1. The molecule has 3 rings (SSSR count). The van der Waals surface area contributed by atoms with E-state index in [2.05, 4.69) is 0 Å². The van der Waals surface area contributed by atoms with E-state index in [0.717, 1.165) is 12.8 Å². The van der Waals surface area contributed by atoms with Gasteiger partial charge in [0.2, 0.25) is 0 Å². The minimum atomic E-state index is -0.444. The van der Waals surface area contributed by atoms with Gasteiger partial charge in [-0.2, -0.15) is 0 Å². The highest BCUT2D eigenvalue weighted by Gasteiger charge is 2.23. The number of nitrogens with zero attached hydrogens (tertiary/aromatic N) is 3. The van der Waals surface area contributed by atoms with Crippen LogP contribution in [-0.4, -0.2) is 42.0 Å². The molecule has 0 radical (unpaired) electrons. The molecule has 0 amide bonds. The van der Waals surface area contributed by atoms with E-state index in [1.54, 1.807) is 0 Å². The van der Waals surface area contributed by atoms with Gasteiger partial charge in [0.25, 0.3) is 5.56 Å².